The van der Waals surface area contributed by atoms with Gasteiger partial charge in [-0.3, -0.25) is 9.59 Å². The number of hydrogen-bond acceptors (Lipinski definition) is 4. The van der Waals surface area contributed by atoms with E-state index in [4.69, 9.17) is 4.74 Å². The molecule has 1 aliphatic rings. The zero-order valence-corrected chi connectivity index (χ0v) is 18.1. The molecule has 0 spiro atoms. The SMILES string of the molecule is Cc1cccc(NCC(=O)Nc2ccc(Oc3ccccc3)cc2)c1C(=O)N1CCCC1. The van der Waals surface area contributed by atoms with Crippen molar-refractivity contribution in [2.24, 2.45) is 0 Å². The van der Waals surface area contributed by atoms with Crippen molar-refractivity contribution in [3.05, 3.63) is 83.9 Å². The number of ether oxygens (including phenoxy) is 1. The third-order valence-electron chi connectivity index (χ3n) is 5.44. The molecule has 0 atom stereocenters. The normalized spacial score (nSPS) is 13.0. The van der Waals surface area contributed by atoms with E-state index in [1.54, 1.807) is 12.1 Å². The Balaban J connectivity index is 1.35. The fraction of sp³-hybridized carbons (Fsp3) is 0.231. The van der Waals surface area contributed by atoms with Crippen LogP contribution >= 0.6 is 0 Å². The molecule has 1 saturated heterocycles. The fourth-order valence-electron chi connectivity index (χ4n) is 3.79. The van der Waals surface area contributed by atoms with Gasteiger partial charge in [0, 0.05) is 24.5 Å². The molecule has 1 aliphatic heterocycles. The van der Waals surface area contributed by atoms with Crippen molar-refractivity contribution in [1.29, 1.82) is 0 Å². The molecule has 0 aromatic heterocycles. The minimum atomic E-state index is -0.192. The van der Waals surface area contributed by atoms with Crippen LogP contribution in [-0.2, 0) is 4.79 Å². The molecule has 164 valence electrons. The first-order valence-electron chi connectivity index (χ1n) is 10.9. The Labute approximate surface area is 188 Å². The van der Waals surface area contributed by atoms with Crippen LogP contribution in [0.15, 0.2) is 72.8 Å². The number of aryl methyl sites for hydroxylation is 1. The number of rotatable bonds is 7. The molecule has 0 unspecified atom stereocenters. The molecular formula is C26H27N3O3. The molecule has 0 aliphatic carbocycles. The second kappa shape index (κ2) is 10.0. The maximum Gasteiger partial charge on any atom is 0.256 e. The van der Waals surface area contributed by atoms with Crippen molar-refractivity contribution in [2.75, 3.05) is 30.3 Å². The van der Waals surface area contributed by atoms with Crippen molar-refractivity contribution in [2.45, 2.75) is 19.8 Å². The highest BCUT2D eigenvalue weighted by molar-refractivity contribution is 6.02. The molecule has 0 saturated carbocycles. The van der Waals surface area contributed by atoms with Gasteiger partial charge in [0.1, 0.15) is 11.5 Å². The van der Waals surface area contributed by atoms with Crippen molar-refractivity contribution in [1.82, 2.24) is 4.90 Å². The lowest BCUT2D eigenvalue weighted by Gasteiger charge is -2.20. The summed E-state index contributed by atoms with van der Waals surface area (Å²) in [6.45, 7) is 3.56. The van der Waals surface area contributed by atoms with Crippen LogP contribution in [0.5, 0.6) is 11.5 Å². The average Bonchev–Trinajstić information content (AvgIpc) is 3.34. The molecule has 0 bridgehead atoms. The standard InChI is InChI=1S/C26H27N3O3/c1-19-8-7-11-23(25(19)26(31)29-16-5-6-17-29)27-18-24(30)28-20-12-14-22(15-13-20)32-21-9-3-2-4-10-21/h2-4,7-15,27H,5-6,16-18H2,1H3,(H,28,30). The lowest BCUT2D eigenvalue weighted by molar-refractivity contribution is -0.114. The maximum atomic E-state index is 13.0. The Morgan fingerprint density at radius 2 is 1.56 bits per heavy atom. The number of nitrogens with one attached hydrogen (secondary N) is 2. The minimum absolute atomic E-state index is 0.0255. The Bertz CT molecular complexity index is 1080. The van der Waals surface area contributed by atoms with E-state index < -0.39 is 0 Å². The summed E-state index contributed by atoms with van der Waals surface area (Å²) in [4.78, 5) is 27.3. The van der Waals surface area contributed by atoms with Crippen LogP contribution in [0.3, 0.4) is 0 Å². The quantitative estimate of drug-likeness (QED) is 0.550. The van der Waals surface area contributed by atoms with Crippen molar-refractivity contribution in [3.8, 4) is 11.5 Å². The summed E-state index contributed by atoms with van der Waals surface area (Å²) in [6, 6.07) is 22.4. The largest absolute Gasteiger partial charge is 0.457 e. The van der Waals surface area contributed by atoms with Crippen LogP contribution in [0.4, 0.5) is 11.4 Å². The molecule has 6 nitrogen and oxygen atoms in total. The molecule has 6 heteroatoms. The number of hydrogen-bond donors (Lipinski definition) is 2. The van der Waals surface area contributed by atoms with E-state index in [2.05, 4.69) is 10.6 Å². The van der Waals surface area contributed by atoms with Crippen LogP contribution in [0.1, 0.15) is 28.8 Å². The summed E-state index contributed by atoms with van der Waals surface area (Å²) >= 11 is 0. The van der Waals surface area contributed by atoms with Crippen LogP contribution < -0.4 is 15.4 Å². The number of carbonyl (C=O) groups is 2. The lowest BCUT2D eigenvalue weighted by atomic mass is 10.0. The third kappa shape index (κ3) is 5.27. The van der Waals surface area contributed by atoms with E-state index in [0.29, 0.717) is 22.7 Å². The van der Waals surface area contributed by atoms with Gasteiger partial charge in [-0.25, -0.2) is 0 Å². The Hall–Kier alpha value is -3.80. The topological polar surface area (TPSA) is 70.7 Å². The van der Waals surface area contributed by atoms with Gasteiger partial charge in [0.2, 0.25) is 5.91 Å². The van der Waals surface area contributed by atoms with Crippen LogP contribution in [0.2, 0.25) is 0 Å². The molecule has 4 rings (SSSR count). The average molecular weight is 430 g/mol. The predicted octanol–water partition coefficient (Wildman–Crippen LogP) is 5.07. The van der Waals surface area contributed by atoms with E-state index >= 15 is 0 Å². The molecule has 2 N–H and O–H groups in total. The minimum Gasteiger partial charge on any atom is -0.457 e. The number of amides is 2. The first-order valence-corrected chi connectivity index (χ1v) is 10.9. The first-order chi connectivity index (χ1) is 15.6. The highest BCUT2D eigenvalue weighted by atomic mass is 16.5. The van der Waals surface area contributed by atoms with Gasteiger partial charge < -0.3 is 20.3 Å². The summed E-state index contributed by atoms with van der Waals surface area (Å²) in [7, 11) is 0. The Morgan fingerprint density at radius 1 is 0.875 bits per heavy atom. The molecule has 3 aromatic carbocycles. The number of benzene rings is 3. The van der Waals surface area contributed by atoms with Gasteiger partial charge in [0.05, 0.1) is 12.1 Å². The van der Waals surface area contributed by atoms with Gasteiger partial charge in [-0.2, -0.15) is 0 Å². The summed E-state index contributed by atoms with van der Waals surface area (Å²) in [5.41, 5.74) is 2.91. The molecule has 2 amide bonds. The van der Waals surface area contributed by atoms with Gasteiger partial charge in [0.15, 0.2) is 0 Å². The molecule has 3 aromatic rings. The van der Waals surface area contributed by atoms with Gasteiger partial charge >= 0.3 is 0 Å². The number of likely N-dealkylation sites (tertiary alicyclic amines) is 1. The third-order valence-corrected chi connectivity index (χ3v) is 5.44. The maximum absolute atomic E-state index is 13.0. The molecule has 32 heavy (non-hydrogen) atoms. The molecule has 0 radical (unpaired) electrons. The van der Waals surface area contributed by atoms with E-state index in [9.17, 15) is 9.59 Å². The first kappa shape index (κ1) is 21.4. The number of carbonyl (C=O) groups excluding carboxylic acids is 2. The van der Waals surface area contributed by atoms with E-state index in [0.717, 1.165) is 37.2 Å². The summed E-state index contributed by atoms with van der Waals surface area (Å²) in [5, 5.41) is 6.01. The smallest absolute Gasteiger partial charge is 0.256 e. The van der Waals surface area contributed by atoms with E-state index in [-0.39, 0.29) is 18.4 Å². The lowest BCUT2D eigenvalue weighted by Crippen LogP contribution is -2.30. The van der Waals surface area contributed by atoms with Crippen LogP contribution in [0.25, 0.3) is 0 Å². The Morgan fingerprint density at radius 3 is 2.28 bits per heavy atom. The van der Waals surface area contributed by atoms with Crippen molar-refractivity contribution in [3.63, 3.8) is 0 Å². The van der Waals surface area contributed by atoms with Crippen LogP contribution in [-0.4, -0.2) is 36.3 Å². The monoisotopic (exact) mass is 429 g/mol. The molecule has 1 fully saturated rings. The van der Waals surface area contributed by atoms with Gasteiger partial charge in [-0.15, -0.1) is 0 Å². The van der Waals surface area contributed by atoms with Crippen molar-refractivity contribution < 1.29 is 14.3 Å². The van der Waals surface area contributed by atoms with Gasteiger partial charge in [0.25, 0.3) is 5.91 Å². The molecule has 1 heterocycles. The number of anilines is 2. The zero-order valence-electron chi connectivity index (χ0n) is 18.1. The van der Waals surface area contributed by atoms with Crippen molar-refractivity contribution >= 4 is 23.2 Å². The highest BCUT2D eigenvalue weighted by Gasteiger charge is 2.23. The number of para-hydroxylation sites is 1. The highest BCUT2D eigenvalue weighted by Crippen LogP contribution is 2.24. The molecular weight excluding hydrogens is 402 g/mol. The summed E-state index contributed by atoms with van der Waals surface area (Å²) < 4.78 is 5.77. The fourth-order valence-corrected chi connectivity index (χ4v) is 3.79. The zero-order chi connectivity index (χ0) is 22.3. The second-order valence-electron chi connectivity index (χ2n) is 7.84. The number of nitrogens with zero attached hydrogens (tertiary/aromatic N) is 1. The summed E-state index contributed by atoms with van der Waals surface area (Å²) in [5.74, 6) is 1.28. The van der Waals surface area contributed by atoms with Gasteiger partial charge in [-0.1, -0.05) is 30.3 Å². The van der Waals surface area contributed by atoms with E-state index in [1.807, 2.05) is 72.5 Å². The second-order valence-corrected chi connectivity index (χ2v) is 7.84. The van der Waals surface area contributed by atoms with E-state index in [1.165, 1.54) is 0 Å². The van der Waals surface area contributed by atoms with Crippen LogP contribution in [0, 0.1) is 6.92 Å². The Kier molecular flexibility index (Phi) is 6.70. The predicted molar refractivity (Wildman–Crippen MR) is 126 cm³/mol. The van der Waals surface area contributed by atoms with Gasteiger partial charge in [-0.05, 0) is 67.8 Å². The summed E-state index contributed by atoms with van der Waals surface area (Å²) in [6.07, 6.45) is 2.08.